The minimum atomic E-state index is 1.11. The fraction of sp³-hybridized carbons (Fsp3) is 0.586. The van der Waals surface area contributed by atoms with Crippen molar-refractivity contribution in [2.45, 2.75) is 111 Å². The summed E-state index contributed by atoms with van der Waals surface area (Å²) in [4.78, 5) is 0. The van der Waals surface area contributed by atoms with Gasteiger partial charge in [-0.05, 0) is 91.2 Å². The van der Waals surface area contributed by atoms with E-state index in [2.05, 4.69) is 64.1 Å². The summed E-state index contributed by atoms with van der Waals surface area (Å²) < 4.78 is 0. The molecule has 0 spiro atoms. The molecule has 0 saturated carbocycles. The van der Waals surface area contributed by atoms with Crippen LogP contribution in [0, 0.1) is 0 Å². The van der Waals surface area contributed by atoms with Crippen LogP contribution in [0.1, 0.15) is 112 Å². The van der Waals surface area contributed by atoms with E-state index in [1.54, 1.807) is 33.4 Å². The van der Waals surface area contributed by atoms with Gasteiger partial charge in [0.15, 0.2) is 0 Å². The van der Waals surface area contributed by atoms with Gasteiger partial charge in [-0.3, -0.25) is 0 Å². The summed E-state index contributed by atoms with van der Waals surface area (Å²) in [7, 11) is 0. The van der Waals surface area contributed by atoms with Crippen molar-refractivity contribution in [3.8, 4) is 0 Å². The highest BCUT2D eigenvalue weighted by Crippen LogP contribution is 2.26. The molecule has 0 aromatic heterocycles. The Hall–Kier alpha value is -1.56. The number of hydrogen-bond donors (Lipinski definition) is 0. The van der Waals surface area contributed by atoms with Crippen molar-refractivity contribution in [3.63, 3.8) is 0 Å². The van der Waals surface area contributed by atoms with Crippen LogP contribution in [0.3, 0.4) is 0 Å². The van der Waals surface area contributed by atoms with Crippen molar-refractivity contribution in [2.75, 3.05) is 0 Å². The first-order chi connectivity index (χ1) is 14.2. The SMILES string of the molecule is CCCCc1cccc(Cc2cccc(CCCC)c2CCCC)c1CCCC. The van der Waals surface area contributed by atoms with Gasteiger partial charge in [-0.2, -0.15) is 0 Å². The minimum absolute atomic E-state index is 1.11. The standard InChI is InChI=1S/C29H44/c1-5-9-15-24-17-13-19-26(28(24)21-11-7-3)23-27-20-14-18-25(16-10-6-2)29(27)22-12-8-4/h13-14,17-20H,5-12,15-16,21-23H2,1-4H3. The van der Waals surface area contributed by atoms with E-state index in [0.717, 1.165) is 6.42 Å². The lowest BCUT2D eigenvalue weighted by molar-refractivity contribution is 0.745. The predicted molar refractivity (Wildman–Crippen MR) is 130 cm³/mol. The lowest BCUT2D eigenvalue weighted by Crippen LogP contribution is -2.06. The zero-order chi connectivity index (χ0) is 20.9. The molecule has 0 aliphatic heterocycles. The van der Waals surface area contributed by atoms with E-state index in [1.165, 1.54) is 77.0 Å². The number of hydrogen-bond acceptors (Lipinski definition) is 0. The minimum Gasteiger partial charge on any atom is -0.0654 e. The van der Waals surface area contributed by atoms with E-state index >= 15 is 0 Å². The normalized spacial score (nSPS) is 11.2. The van der Waals surface area contributed by atoms with Crippen LogP contribution in [-0.2, 0) is 32.1 Å². The molecule has 0 saturated heterocycles. The number of aryl methyl sites for hydroxylation is 2. The molecular weight excluding hydrogens is 348 g/mol. The van der Waals surface area contributed by atoms with Gasteiger partial charge in [0.2, 0.25) is 0 Å². The first-order valence-electron chi connectivity index (χ1n) is 12.4. The van der Waals surface area contributed by atoms with Crippen molar-refractivity contribution in [1.29, 1.82) is 0 Å². The van der Waals surface area contributed by atoms with Crippen molar-refractivity contribution >= 4 is 0 Å². The summed E-state index contributed by atoms with van der Waals surface area (Å²) in [6.45, 7) is 9.23. The van der Waals surface area contributed by atoms with E-state index in [-0.39, 0.29) is 0 Å². The largest absolute Gasteiger partial charge is 0.0654 e. The zero-order valence-electron chi connectivity index (χ0n) is 19.7. The molecule has 0 nitrogen and oxygen atoms in total. The molecule has 160 valence electrons. The van der Waals surface area contributed by atoms with Crippen LogP contribution >= 0.6 is 0 Å². The Morgan fingerprint density at radius 1 is 0.448 bits per heavy atom. The van der Waals surface area contributed by atoms with Gasteiger partial charge in [0.25, 0.3) is 0 Å². The third kappa shape index (κ3) is 7.32. The average molecular weight is 393 g/mol. The first kappa shape index (κ1) is 23.7. The Morgan fingerprint density at radius 2 is 0.793 bits per heavy atom. The second kappa shape index (κ2) is 13.6. The molecule has 0 radical (unpaired) electrons. The molecular formula is C29H44. The van der Waals surface area contributed by atoms with Crippen LogP contribution in [0.25, 0.3) is 0 Å². The summed E-state index contributed by atoms with van der Waals surface area (Å²) in [6.07, 6.45) is 16.4. The van der Waals surface area contributed by atoms with Gasteiger partial charge in [-0.1, -0.05) is 89.8 Å². The highest BCUT2D eigenvalue weighted by molar-refractivity contribution is 5.43. The molecule has 0 heterocycles. The Bertz CT molecular complexity index is 648. The number of benzene rings is 2. The van der Waals surface area contributed by atoms with E-state index in [1.807, 2.05) is 0 Å². The fourth-order valence-corrected chi connectivity index (χ4v) is 4.46. The van der Waals surface area contributed by atoms with Crippen molar-refractivity contribution in [2.24, 2.45) is 0 Å². The van der Waals surface area contributed by atoms with Crippen molar-refractivity contribution in [3.05, 3.63) is 69.8 Å². The van der Waals surface area contributed by atoms with Gasteiger partial charge in [0.05, 0.1) is 0 Å². The molecule has 0 N–H and O–H groups in total. The first-order valence-corrected chi connectivity index (χ1v) is 12.4. The number of unbranched alkanes of at least 4 members (excludes halogenated alkanes) is 4. The molecule has 0 atom stereocenters. The van der Waals surface area contributed by atoms with Gasteiger partial charge in [-0.15, -0.1) is 0 Å². The van der Waals surface area contributed by atoms with Gasteiger partial charge >= 0.3 is 0 Å². The van der Waals surface area contributed by atoms with Crippen molar-refractivity contribution < 1.29 is 0 Å². The summed E-state index contributed by atoms with van der Waals surface area (Å²) in [5.41, 5.74) is 9.69. The van der Waals surface area contributed by atoms with Crippen LogP contribution in [-0.4, -0.2) is 0 Å². The Kier molecular flexibility index (Phi) is 11.1. The van der Waals surface area contributed by atoms with E-state index in [0.29, 0.717) is 0 Å². The summed E-state index contributed by atoms with van der Waals surface area (Å²) in [5, 5.41) is 0. The van der Waals surface area contributed by atoms with E-state index < -0.39 is 0 Å². The molecule has 29 heavy (non-hydrogen) atoms. The average Bonchev–Trinajstić information content (AvgIpc) is 2.74. The molecule has 0 aliphatic carbocycles. The third-order valence-corrected chi connectivity index (χ3v) is 6.28. The van der Waals surface area contributed by atoms with Crippen LogP contribution in [0.15, 0.2) is 36.4 Å². The van der Waals surface area contributed by atoms with Gasteiger partial charge < -0.3 is 0 Å². The third-order valence-electron chi connectivity index (χ3n) is 6.28. The number of rotatable bonds is 14. The molecule has 2 aromatic carbocycles. The molecule has 0 heteroatoms. The summed E-state index contributed by atoms with van der Waals surface area (Å²) in [5.74, 6) is 0. The molecule has 2 aromatic rings. The van der Waals surface area contributed by atoms with Crippen LogP contribution in [0.2, 0.25) is 0 Å². The highest BCUT2D eigenvalue weighted by Gasteiger charge is 2.13. The molecule has 0 unspecified atom stereocenters. The summed E-state index contributed by atoms with van der Waals surface area (Å²) >= 11 is 0. The maximum Gasteiger partial charge on any atom is -0.00201 e. The Labute approximate surface area is 181 Å². The van der Waals surface area contributed by atoms with Gasteiger partial charge in [0.1, 0.15) is 0 Å². The molecule has 0 amide bonds. The monoisotopic (exact) mass is 392 g/mol. The summed E-state index contributed by atoms with van der Waals surface area (Å²) in [6, 6.07) is 14.2. The highest BCUT2D eigenvalue weighted by atomic mass is 14.2. The Morgan fingerprint density at radius 3 is 1.17 bits per heavy atom. The molecule has 0 fully saturated rings. The second-order valence-electron chi connectivity index (χ2n) is 8.70. The smallest absolute Gasteiger partial charge is 0.00201 e. The van der Waals surface area contributed by atoms with Gasteiger partial charge in [0, 0.05) is 0 Å². The van der Waals surface area contributed by atoms with Crippen LogP contribution < -0.4 is 0 Å². The van der Waals surface area contributed by atoms with Crippen LogP contribution in [0.4, 0.5) is 0 Å². The second-order valence-corrected chi connectivity index (χ2v) is 8.70. The quantitative estimate of drug-likeness (QED) is 0.302. The maximum absolute atomic E-state index is 2.41. The predicted octanol–water partition coefficient (Wildman–Crippen LogP) is 8.65. The van der Waals surface area contributed by atoms with Crippen LogP contribution in [0.5, 0.6) is 0 Å². The zero-order valence-corrected chi connectivity index (χ0v) is 19.7. The molecule has 2 rings (SSSR count). The lowest BCUT2D eigenvalue weighted by atomic mass is 9.86. The maximum atomic E-state index is 2.41. The molecule has 0 aliphatic rings. The lowest BCUT2D eigenvalue weighted by Gasteiger charge is -2.19. The fourth-order valence-electron chi connectivity index (χ4n) is 4.46. The molecule has 0 bridgehead atoms. The van der Waals surface area contributed by atoms with E-state index in [4.69, 9.17) is 0 Å². The van der Waals surface area contributed by atoms with Gasteiger partial charge in [-0.25, -0.2) is 0 Å². The topological polar surface area (TPSA) is 0 Å². The Balaban J connectivity index is 2.38. The van der Waals surface area contributed by atoms with E-state index in [9.17, 15) is 0 Å². The van der Waals surface area contributed by atoms with Crippen molar-refractivity contribution in [1.82, 2.24) is 0 Å².